The zero-order valence-electron chi connectivity index (χ0n) is 25.2. The number of allylic oxidation sites excluding steroid dienone is 2. The molecule has 42 heavy (non-hydrogen) atoms. The monoisotopic (exact) mass is 731 g/mol. The number of benzene rings is 4. The second kappa shape index (κ2) is 12.2. The van der Waals surface area contributed by atoms with Crippen LogP contribution in [0, 0.1) is 26.8 Å². The number of aromatic nitrogens is 1. The van der Waals surface area contributed by atoms with Crippen LogP contribution in [0.25, 0.3) is 44.4 Å². The normalized spacial score (nSPS) is 13.0. The topological polar surface area (TPSA) is 50.2 Å². The molecule has 0 aliphatic heterocycles. The molecule has 4 aromatic carbocycles. The molecule has 0 spiro atoms. The zero-order valence-corrected chi connectivity index (χ0v) is 27.6. The first-order valence-electron chi connectivity index (χ1n) is 14.0. The molecule has 1 heterocycles. The van der Waals surface area contributed by atoms with Gasteiger partial charge in [0.15, 0.2) is 5.78 Å². The number of rotatable bonds is 3. The Morgan fingerprint density at radius 2 is 1.57 bits per heavy atom. The van der Waals surface area contributed by atoms with Crippen LogP contribution in [0.3, 0.4) is 0 Å². The van der Waals surface area contributed by atoms with Crippen LogP contribution in [0.2, 0.25) is 0 Å². The molecule has 0 unspecified atom stereocenters. The van der Waals surface area contributed by atoms with Crippen molar-refractivity contribution in [3.63, 3.8) is 0 Å². The maximum Gasteiger partial charge on any atom is 0.155 e. The molecule has 1 aliphatic carbocycles. The van der Waals surface area contributed by atoms with E-state index >= 15 is 0 Å². The average molecular weight is 731 g/mol. The Labute approximate surface area is 262 Å². The van der Waals surface area contributed by atoms with Gasteiger partial charge in [-0.2, -0.15) is 0 Å². The molecule has 0 saturated heterocycles. The Bertz CT molecular complexity index is 1840. The summed E-state index contributed by atoms with van der Waals surface area (Å²) in [5.74, 6) is -0.0625. The molecule has 0 amide bonds. The first-order chi connectivity index (χ1) is 19.5. The molecule has 3 nitrogen and oxygen atoms in total. The Morgan fingerprint density at radius 3 is 2.21 bits per heavy atom. The van der Waals surface area contributed by atoms with Gasteiger partial charge in [-0.1, -0.05) is 87.9 Å². The van der Waals surface area contributed by atoms with Gasteiger partial charge in [0.25, 0.3) is 0 Å². The molecule has 0 atom stereocenters. The number of ketones is 1. The molecule has 0 saturated carbocycles. The van der Waals surface area contributed by atoms with E-state index in [0.29, 0.717) is 0 Å². The summed E-state index contributed by atoms with van der Waals surface area (Å²) in [6.45, 7) is 13.9. The maximum absolute atomic E-state index is 10.0. The van der Waals surface area contributed by atoms with Gasteiger partial charge >= 0.3 is 0 Å². The maximum atomic E-state index is 10.0. The summed E-state index contributed by atoms with van der Waals surface area (Å²) >= 11 is 0. The minimum atomic E-state index is -0.125. The molecule has 6 rings (SSSR count). The van der Waals surface area contributed by atoms with Gasteiger partial charge < -0.3 is 5.11 Å². The number of aryl methyl sites for hydroxylation is 3. The zero-order chi connectivity index (χ0) is 29.5. The molecule has 5 aromatic rings. The van der Waals surface area contributed by atoms with Crippen molar-refractivity contribution in [2.45, 2.75) is 53.9 Å². The molecule has 0 fully saturated rings. The summed E-state index contributed by atoms with van der Waals surface area (Å²) in [4.78, 5) is 15.2. The SMILES string of the molecule is CC(=O)/C=C(/C)O.Cc1cccc(-c2cc(-c3[c-]cc(C)cc3C)nc3cc4c(cc23)-c2ccccc2C4(C)C)c1.[Ir]. The van der Waals surface area contributed by atoms with Crippen molar-refractivity contribution in [1.82, 2.24) is 4.98 Å². The van der Waals surface area contributed by atoms with Crippen molar-refractivity contribution < 1.29 is 30.0 Å². The van der Waals surface area contributed by atoms with Crippen LogP contribution in [0.1, 0.15) is 55.5 Å². The van der Waals surface area contributed by atoms with Crippen molar-refractivity contribution in [2.24, 2.45) is 0 Å². The molecular formula is C38H36IrNO2-. The van der Waals surface area contributed by atoms with E-state index in [1.165, 1.54) is 75.4 Å². The summed E-state index contributed by atoms with van der Waals surface area (Å²) in [6.07, 6.45) is 1.17. The Balaban J connectivity index is 0.000000454. The van der Waals surface area contributed by atoms with E-state index in [2.05, 4.69) is 120 Å². The van der Waals surface area contributed by atoms with Gasteiger partial charge in [-0.3, -0.25) is 9.78 Å². The Kier molecular flexibility index (Phi) is 9.01. The van der Waals surface area contributed by atoms with E-state index in [0.717, 1.165) is 16.8 Å². The van der Waals surface area contributed by atoms with E-state index in [-0.39, 0.29) is 37.1 Å². The summed E-state index contributed by atoms with van der Waals surface area (Å²) in [5.41, 5.74) is 14.6. The number of hydrogen-bond donors (Lipinski definition) is 1. The standard InChI is InChI=1S/C33H28N.C5H8O2.Ir/c1-20-9-8-10-23(16-20)26-18-31(24-14-13-21(2)15-22(24)3)34-32-19-30-27(17-28(26)32)25-11-6-7-12-29(25)33(30,4)5;1-4(6)3-5(2)7;/h6-13,15-19H,1-5H3;3,6H,1-2H3;/q-1;;/b;4-3-;. The molecule has 1 radical (unpaired) electrons. The van der Waals surface area contributed by atoms with Gasteiger partial charge in [0, 0.05) is 37.0 Å². The Morgan fingerprint density at radius 1 is 0.833 bits per heavy atom. The second-order valence-corrected chi connectivity index (χ2v) is 11.6. The third kappa shape index (κ3) is 6.02. The average Bonchev–Trinajstić information content (AvgIpc) is 3.13. The Hall–Kier alpha value is -3.85. The quantitative estimate of drug-likeness (QED) is 0.114. The minimum absolute atomic E-state index is 0. The van der Waals surface area contributed by atoms with Crippen molar-refractivity contribution >= 4 is 16.7 Å². The van der Waals surface area contributed by atoms with E-state index in [4.69, 9.17) is 10.1 Å². The van der Waals surface area contributed by atoms with Crippen LogP contribution in [0.15, 0.2) is 90.7 Å². The van der Waals surface area contributed by atoms with Crippen LogP contribution < -0.4 is 0 Å². The number of hydrogen-bond acceptors (Lipinski definition) is 3. The summed E-state index contributed by atoms with van der Waals surface area (Å²) in [5, 5.41) is 9.56. The van der Waals surface area contributed by atoms with E-state index in [9.17, 15) is 4.79 Å². The van der Waals surface area contributed by atoms with Crippen molar-refractivity contribution in [3.05, 3.63) is 125 Å². The third-order valence-corrected chi connectivity index (χ3v) is 7.79. The number of nitrogens with zero attached hydrogens (tertiary/aromatic N) is 1. The molecule has 0 bridgehead atoms. The van der Waals surface area contributed by atoms with Gasteiger partial charge in [0.1, 0.15) is 0 Å². The molecular weight excluding hydrogens is 695 g/mol. The van der Waals surface area contributed by atoms with Crippen LogP contribution >= 0.6 is 0 Å². The van der Waals surface area contributed by atoms with Crippen LogP contribution in [-0.2, 0) is 30.3 Å². The molecule has 1 aliphatic rings. The largest absolute Gasteiger partial charge is 0.512 e. The van der Waals surface area contributed by atoms with Crippen LogP contribution in [0.4, 0.5) is 0 Å². The van der Waals surface area contributed by atoms with Crippen molar-refractivity contribution in [1.29, 1.82) is 0 Å². The number of pyridine rings is 1. The number of aliphatic hydroxyl groups is 1. The molecule has 4 heteroatoms. The summed E-state index contributed by atoms with van der Waals surface area (Å²) in [6, 6.07) is 32.3. The van der Waals surface area contributed by atoms with Gasteiger partial charge in [-0.05, 0) is 72.0 Å². The third-order valence-electron chi connectivity index (χ3n) is 7.79. The van der Waals surface area contributed by atoms with Gasteiger partial charge in [0.2, 0.25) is 0 Å². The number of carbonyl (C=O) groups is 1. The van der Waals surface area contributed by atoms with Gasteiger partial charge in [0.05, 0.1) is 11.3 Å². The predicted molar refractivity (Wildman–Crippen MR) is 170 cm³/mol. The predicted octanol–water partition coefficient (Wildman–Crippen LogP) is 9.64. The summed E-state index contributed by atoms with van der Waals surface area (Å²) in [7, 11) is 0. The van der Waals surface area contributed by atoms with Crippen molar-refractivity contribution in [3.8, 4) is 33.5 Å². The fraction of sp³-hybridized carbons (Fsp3) is 0.211. The minimum Gasteiger partial charge on any atom is -0.512 e. The number of carbonyl (C=O) groups excluding carboxylic acids is 1. The van der Waals surface area contributed by atoms with Gasteiger partial charge in [-0.25, -0.2) is 0 Å². The van der Waals surface area contributed by atoms with Gasteiger partial charge in [-0.15, -0.1) is 34.9 Å². The van der Waals surface area contributed by atoms with E-state index in [1.807, 2.05) is 0 Å². The smallest absolute Gasteiger partial charge is 0.155 e. The second-order valence-electron chi connectivity index (χ2n) is 11.6. The van der Waals surface area contributed by atoms with Crippen molar-refractivity contribution in [2.75, 3.05) is 0 Å². The van der Waals surface area contributed by atoms with Crippen LogP contribution in [-0.4, -0.2) is 15.9 Å². The summed E-state index contributed by atoms with van der Waals surface area (Å²) < 4.78 is 0. The number of fused-ring (bicyclic) bond motifs is 4. The van der Waals surface area contributed by atoms with E-state index in [1.54, 1.807) is 0 Å². The molecule has 215 valence electrons. The first kappa shape index (κ1) is 31.1. The van der Waals surface area contributed by atoms with Crippen LogP contribution in [0.5, 0.6) is 0 Å². The fourth-order valence-corrected chi connectivity index (χ4v) is 5.93. The molecule has 1 aromatic heterocycles. The van der Waals surface area contributed by atoms with E-state index < -0.39 is 0 Å². The molecule has 1 N–H and O–H groups in total. The fourth-order valence-electron chi connectivity index (χ4n) is 5.93. The number of aliphatic hydroxyl groups excluding tert-OH is 1. The first-order valence-corrected chi connectivity index (χ1v) is 14.0.